The summed E-state index contributed by atoms with van der Waals surface area (Å²) in [6.07, 6.45) is -2.79. The SMILES string of the molecule is CCCC(CCC)S(=O)(=O)C[C@H](NC(=O)OCc1ccccc1)C(=O)O[C@H](CNCC1CC1)[C@@H](N)Cc1cc(F)cc(F)c1.O=C(O)C(F)(F)F. The molecule has 1 saturated carbocycles. The molecule has 2 aromatic rings. The topological polar surface area (TPSA) is 174 Å². The van der Waals surface area contributed by atoms with Gasteiger partial charge >= 0.3 is 24.2 Å². The number of carbonyl (C=O) groups excluding carboxylic acids is 2. The predicted octanol–water partition coefficient (Wildman–Crippen LogP) is 5.06. The summed E-state index contributed by atoms with van der Waals surface area (Å²) < 4.78 is 97.4. The Hall–Kier alpha value is -3.83. The van der Waals surface area contributed by atoms with Crippen molar-refractivity contribution < 1.29 is 59.3 Å². The highest BCUT2D eigenvalue weighted by atomic mass is 32.2. The highest BCUT2D eigenvalue weighted by Gasteiger charge is 2.38. The van der Waals surface area contributed by atoms with E-state index in [2.05, 4.69) is 10.6 Å². The summed E-state index contributed by atoms with van der Waals surface area (Å²) in [6.45, 7) is 4.49. The molecule has 3 atom stereocenters. The molecule has 0 heterocycles. The van der Waals surface area contributed by atoms with E-state index in [9.17, 15) is 40.0 Å². The van der Waals surface area contributed by atoms with Crippen LogP contribution in [0.3, 0.4) is 0 Å². The minimum Gasteiger partial charge on any atom is -0.475 e. The third-order valence-electron chi connectivity index (χ3n) is 7.77. The molecule has 1 aliphatic carbocycles. The average molecular weight is 752 g/mol. The normalized spacial score (nSPS) is 14.8. The molecule has 0 aromatic heterocycles. The van der Waals surface area contributed by atoms with Gasteiger partial charge in [0.15, 0.2) is 9.84 Å². The van der Waals surface area contributed by atoms with Crippen molar-refractivity contribution in [2.75, 3.05) is 18.8 Å². The molecule has 0 spiro atoms. The number of carboxylic acids is 1. The molecular formula is C34H46F5N3O8S. The van der Waals surface area contributed by atoms with E-state index in [1.54, 1.807) is 24.3 Å². The fraction of sp³-hybridized carbons (Fsp3) is 0.559. The van der Waals surface area contributed by atoms with Crippen molar-refractivity contribution in [2.45, 2.75) is 95.0 Å². The van der Waals surface area contributed by atoms with Crippen LogP contribution < -0.4 is 16.4 Å². The number of sulfone groups is 1. The number of hydrogen-bond acceptors (Lipinski definition) is 9. The van der Waals surface area contributed by atoms with E-state index >= 15 is 0 Å². The zero-order valence-corrected chi connectivity index (χ0v) is 29.3. The van der Waals surface area contributed by atoms with E-state index in [1.165, 1.54) is 0 Å². The molecule has 0 bridgehead atoms. The van der Waals surface area contributed by atoms with Gasteiger partial charge in [-0.2, -0.15) is 13.2 Å². The van der Waals surface area contributed by atoms with Gasteiger partial charge in [-0.05, 0) is 67.8 Å². The highest BCUT2D eigenvalue weighted by Crippen LogP contribution is 2.27. The maximum Gasteiger partial charge on any atom is 0.490 e. The van der Waals surface area contributed by atoms with Crippen LogP contribution in [0.25, 0.3) is 0 Å². The average Bonchev–Trinajstić information content (AvgIpc) is 3.87. The number of alkyl carbamates (subject to hydrolysis) is 1. The van der Waals surface area contributed by atoms with Gasteiger partial charge in [-0.15, -0.1) is 0 Å². The Morgan fingerprint density at radius 2 is 1.55 bits per heavy atom. The molecule has 5 N–H and O–H groups in total. The zero-order valence-electron chi connectivity index (χ0n) is 28.5. The van der Waals surface area contributed by atoms with Gasteiger partial charge in [0.25, 0.3) is 0 Å². The van der Waals surface area contributed by atoms with Gasteiger partial charge in [0.1, 0.15) is 30.4 Å². The van der Waals surface area contributed by atoms with Crippen LogP contribution in [0.5, 0.6) is 0 Å². The summed E-state index contributed by atoms with van der Waals surface area (Å²) >= 11 is 0. The lowest BCUT2D eigenvalue weighted by Crippen LogP contribution is -2.52. The van der Waals surface area contributed by atoms with Crippen LogP contribution in [0.15, 0.2) is 48.5 Å². The maximum absolute atomic E-state index is 13.8. The van der Waals surface area contributed by atoms with Crippen LogP contribution in [0, 0.1) is 17.6 Å². The Balaban J connectivity index is 0.00000116. The van der Waals surface area contributed by atoms with Crippen LogP contribution >= 0.6 is 0 Å². The second-order valence-corrected chi connectivity index (χ2v) is 14.6. The van der Waals surface area contributed by atoms with E-state index in [4.69, 9.17) is 25.1 Å². The highest BCUT2D eigenvalue weighted by molar-refractivity contribution is 7.92. The van der Waals surface area contributed by atoms with Crippen molar-refractivity contribution in [2.24, 2.45) is 11.7 Å². The lowest BCUT2D eigenvalue weighted by Gasteiger charge is -2.28. The number of carboxylic acid groups (broad SMARTS) is 1. The van der Waals surface area contributed by atoms with Gasteiger partial charge in [-0.3, -0.25) is 0 Å². The summed E-state index contributed by atoms with van der Waals surface area (Å²) in [5, 5.41) is 12.1. The standard InChI is InChI=1S/C32H45F2N3O6S.C2HF3O2/c1-3-8-27(9-4-2)44(40,41)21-29(37-32(39)42-20-23-10-6-5-7-11-23)31(38)43-30(19-36-18-22-12-13-22)28(35)16-24-14-25(33)17-26(34)15-24;3-2(4,5)1(6)7/h5-7,10-11,14-15,17,22,27-30,36H,3-4,8-9,12-13,16,18-21,35H2,1-2H3,(H,37,39);(H,6,7)/t28-,29-,30+;/m0./s1. The second-order valence-electron chi connectivity index (χ2n) is 12.3. The molecule has 51 heavy (non-hydrogen) atoms. The molecule has 0 unspecified atom stereocenters. The molecule has 0 saturated heterocycles. The van der Waals surface area contributed by atoms with Gasteiger partial charge in [0.05, 0.1) is 11.0 Å². The fourth-order valence-electron chi connectivity index (χ4n) is 4.99. The molecule has 1 aliphatic rings. The molecule has 17 heteroatoms. The van der Waals surface area contributed by atoms with Gasteiger partial charge in [-0.1, -0.05) is 57.0 Å². The van der Waals surface area contributed by atoms with Crippen LogP contribution in [0.1, 0.15) is 63.5 Å². The Morgan fingerprint density at radius 3 is 2.06 bits per heavy atom. The van der Waals surface area contributed by atoms with Crippen molar-refractivity contribution in [3.63, 3.8) is 0 Å². The summed E-state index contributed by atoms with van der Waals surface area (Å²) in [7, 11) is -3.84. The van der Waals surface area contributed by atoms with Crippen LogP contribution in [0.4, 0.5) is 26.7 Å². The molecular weight excluding hydrogens is 705 g/mol. The molecule has 11 nitrogen and oxygen atoms in total. The number of amides is 1. The van der Waals surface area contributed by atoms with Crippen molar-refractivity contribution in [1.29, 1.82) is 0 Å². The Kier molecular flexibility index (Phi) is 17.7. The van der Waals surface area contributed by atoms with E-state index < -0.39 is 74.9 Å². The van der Waals surface area contributed by atoms with Crippen LogP contribution in [-0.4, -0.2) is 80.0 Å². The predicted molar refractivity (Wildman–Crippen MR) is 178 cm³/mol. The quantitative estimate of drug-likeness (QED) is 0.112. The number of rotatable bonds is 19. The monoisotopic (exact) mass is 751 g/mol. The number of carbonyl (C=O) groups is 3. The largest absolute Gasteiger partial charge is 0.490 e. The third kappa shape index (κ3) is 16.8. The first-order chi connectivity index (χ1) is 23.9. The van der Waals surface area contributed by atoms with Gasteiger partial charge in [-0.25, -0.2) is 31.6 Å². The molecule has 2 aromatic carbocycles. The van der Waals surface area contributed by atoms with Crippen molar-refractivity contribution in [1.82, 2.24) is 10.6 Å². The smallest absolute Gasteiger partial charge is 0.475 e. The number of aliphatic carboxylic acids is 1. The Labute approximate surface area is 294 Å². The first kappa shape index (κ1) is 43.3. The Bertz CT molecular complexity index is 1480. The summed E-state index contributed by atoms with van der Waals surface area (Å²) in [5.41, 5.74) is 7.40. The van der Waals surface area contributed by atoms with Crippen molar-refractivity contribution >= 4 is 27.9 Å². The lowest BCUT2D eigenvalue weighted by molar-refractivity contribution is -0.192. The van der Waals surface area contributed by atoms with Crippen LogP contribution in [0.2, 0.25) is 0 Å². The van der Waals surface area contributed by atoms with E-state index in [-0.39, 0.29) is 25.1 Å². The third-order valence-corrected chi connectivity index (χ3v) is 10.1. The number of hydrogen-bond donors (Lipinski definition) is 4. The number of nitrogens with two attached hydrogens (primary N) is 1. The van der Waals surface area contributed by atoms with Crippen molar-refractivity contribution in [3.05, 3.63) is 71.3 Å². The number of benzene rings is 2. The van der Waals surface area contributed by atoms with E-state index in [0.29, 0.717) is 43.7 Å². The molecule has 286 valence electrons. The van der Waals surface area contributed by atoms with Crippen molar-refractivity contribution in [3.8, 4) is 0 Å². The molecule has 1 amide bonds. The second kappa shape index (κ2) is 20.9. The fourth-order valence-corrected chi connectivity index (χ4v) is 7.13. The maximum atomic E-state index is 13.8. The van der Waals surface area contributed by atoms with Gasteiger partial charge in [0.2, 0.25) is 0 Å². The minimum absolute atomic E-state index is 0.0116. The minimum atomic E-state index is -5.08. The Morgan fingerprint density at radius 1 is 0.980 bits per heavy atom. The molecule has 0 radical (unpaired) electrons. The van der Waals surface area contributed by atoms with Crippen LogP contribution in [-0.2, 0) is 41.9 Å². The summed E-state index contributed by atoms with van der Waals surface area (Å²) in [4.78, 5) is 35.3. The first-order valence-electron chi connectivity index (χ1n) is 16.6. The molecule has 1 fully saturated rings. The number of esters is 1. The number of nitrogens with one attached hydrogen (secondary N) is 2. The zero-order chi connectivity index (χ0) is 38.2. The molecule has 0 aliphatic heterocycles. The first-order valence-corrected chi connectivity index (χ1v) is 18.3. The van der Waals surface area contributed by atoms with E-state index in [0.717, 1.165) is 31.0 Å². The number of halogens is 5. The number of ether oxygens (including phenoxy) is 2. The van der Waals surface area contributed by atoms with E-state index in [1.807, 2.05) is 19.9 Å². The number of alkyl halides is 3. The lowest BCUT2D eigenvalue weighted by atomic mass is 10.0. The van der Waals surface area contributed by atoms with Gasteiger partial charge in [0, 0.05) is 18.7 Å². The summed E-state index contributed by atoms with van der Waals surface area (Å²) in [5.74, 6) is -5.44. The van der Waals surface area contributed by atoms with Gasteiger partial charge < -0.3 is 30.9 Å². The molecule has 3 rings (SSSR count). The summed E-state index contributed by atoms with van der Waals surface area (Å²) in [6, 6.07) is 9.50.